The molecule has 0 unspecified atom stereocenters. The standard InChI is InChI=1S/C13H6ClNO2/c14-7-1-3-10-9(5-7)8-2-4-11-12(13(8)17-10)15-6-16-11/h1-6H. The quantitative estimate of drug-likeness (QED) is 0.460. The Labute approximate surface area is 101 Å². The summed E-state index contributed by atoms with van der Waals surface area (Å²) in [6, 6.07) is 9.43. The van der Waals surface area contributed by atoms with Crippen molar-refractivity contribution >= 4 is 44.6 Å². The van der Waals surface area contributed by atoms with Crippen molar-refractivity contribution in [3.8, 4) is 0 Å². The molecule has 0 saturated heterocycles. The predicted octanol–water partition coefficient (Wildman–Crippen LogP) is 4.38. The molecule has 3 nitrogen and oxygen atoms in total. The summed E-state index contributed by atoms with van der Waals surface area (Å²) in [5.74, 6) is 0. The van der Waals surface area contributed by atoms with E-state index < -0.39 is 0 Å². The van der Waals surface area contributed by atoms with Gasteiger partial charge in [0.1, 0.15) is 5.58 Å². The van der Waals surface area contributed by atoms with E-state index in [9.17, 15) is 0 Å². The van der Waals surface area contributed by atoms with Crippen molar-refractivity contribution < 1.29 is 8.83 Å². The third-order valence-electron chi connectivity index (χ3n) is 2.90. The van der Waals surface area contributed by atoms with E-state index in [4.69, 9.17) is 20.4 Å². The molecule has 4 heteroatoms. The lowest BCUT2D eigenvalue weighted by atomic mass is 10.1. The number of hydrogen-bond donors (Lipinski definition) is 0. The van der Waals surface area contributed by atoms with Gasteiger partial charge >= 0.3 is 0 Å². The van der Waals surface area contributed by atoms with E-state index in [1.807, 2.05) is 30.3 Å². The molecule has 0 aliphatic rings. The van der Waals surface area contributed by atoms with E-state index in [1.54, 1.807) is 0 Å². The second-order valence-corrected chi connectivity index (χ2v) is 4.32. The number of fused-ring (bicyclic) bond motifs is 5. The molecule has 0 aliphatic heterocycles. The smallest absolute Gasteiger partial charge is 0.182 e. The third-order valence-corrected chi connectivity index (χ3v) is 3.13. The van der Waals surface area contributed by atoms with Gasteiger partial charge in [-0.1, -0.05) is 11.6 Å². The summed E-state index contributed by atoms with van der Waals surface area (Å²) in [4.78, 5) is 4.17. The van der Waals surface area contributed by atoms with Crippen LogP contribution in [0.4, 0.5) is 0 Å². The van der Waals surface area contributed by atoms with Crippen LogP contribution >= 0.6 is 11.6 Å². The number of rotatable bonds is 0. The predicted molar refractivity (Wildman–Crippen MR) is 66.3 cm³/mol. The molecule has 2 aromatic heterocycles. The van der Waals surface area contributed by atoms with Crippen LogP contribution in [0.5, 0.6) is 0 Å². The first-order chi connectivity index (χ1) is 8.33. The van der Waals surface area contributed by atoms with Gasteiger partial charge in [0.15, 0.2) is 23.1 Å². The molecule has 0 amide bonds. The highest BCUT2D eigenvalue weighted by molar-refractivity contribution is 6.31. The first kappa shape index (κ1) is 9.07. The lowest BCUT2D eigenvalue weighted by molar-refractivity contribution is 0.602. The van der Waals surface area contributed by atoms with Gasteiger partial charge in [-0.25, -0.2) is 4.98 Å². The van der Waals surface area contributed by atoms with Crippen LogP contribution in [0.2, 0.25) is 5.02 Å². The molecule has 0 spiro atoms. The summed E-state index contributed by atoms with van der Waals surface area (Å²) >= 11 is 6.00. The topological polar surface area (TPSA) is 39.2 Å². The maximum atomic E-state index is 6.00. The maximum Gasteiger partial charge on any atom is 0.182 e. The fourth-order valence-corrected chi connectivity index (χ4v) is 2.31. The van der Waals surface area contributed by atoms with E-state index in [0.717, 1.165) is 33.0 Å². The first-order valence-corrected chi connectivity index (χ1v) is 5.55. The van der Waals surface area contributed by atoms with Crippen molar-refractivity contribution in [2.75, 3.05) is 0 Å². The Balaban J connectivity index is 2.33. The lowest BCUT2D eigenvalue weighted by Crippen LogP contribution is -1.69. The molecule has 17 heavy (non-hydrogen) atoms. The highest BCUT2D eigenvalue weighted by atomic mass is 35.5. The van der Waals surface area contributed by atoms with Crippen molar-refractivity contribution in [3.63, 3.8) is 0 Å². The van der Waals surface area contributed by atoms with Gasteiger partial charge in [-0.05, 0) is 30.3 Å². The molecular weight excluding hydrogens is 238 g/mol. The molecule has 0 saturated carbocycles. The average Bonchev–Trinajstić information content (AvgIpc) is 2.91. The number of halogens is 1. The lowest BCUT2D eigenvalue weighted by Gasteiger charge is -1.90. The SMILES string of the molecule is Clc1ccc2oc3c(ccc4ocnc43)c2c1. The summed E-state index contributed by atoms with van der Waals surface area (Å²) in [5.41, 5.74) is 3.02. The van der Waals surface area contributed by atoms with E-state index in [-0.39, 0.29) is 0 Å². The molecule has 2 aromatic carbocycles. The number of hydrogen-bond acceptors (Lipinski definition) is 3. The van der Waals surface area contributed by atoms with Crippen LogP contribution in [0, 0.1) is 0 Å². The van der Waals surface area contributed by atoms with Crippen LogP contribution in [0.3, 0.4) is 0 Å². The van der Waals surface area contributed by atoms with Crippen molar-refractivity contribution in [1.82, 2.24) is 4.98 Å². The zero-order valence-electron chi connectivity index (χ0n) is 8.61. The molecule has 2 heterocycles. The van der Waals surface area contributed by atoms with Crippen molar-refractivity contribution in [1.29, 1.82) is 0 Å². The molecule has 4 rings (SSSR count). The fourth-order valence-electron chi connectivity index (χ4n) is 2.13. The second kappa shape index (κ2) is 3.02. The summed E-state index contributed by atoms with van der Waals surface area (Å²) < 4.78 is 11.0. The largest absolute Gasteiger partial charge is 0.454 e. The summed E-state index contributed by atoms with van der Waals surface area (Å²) in [6.07, 6.45) is 1.42. The Kier molecular flexibility index (Phi) is 1.61. The Morgan fingerprint density at radius 2 is 1.88 bits per heavy atom. The number of nitrogens with zero attached hydrogens (tertiary/aromatic N) is 1. The number of benzene rings is 2. The normalized spacial score (nSPS) is 11.8. The fraction of sp³-hybridized carbons (Fsp3) is 0. The Hall–Kier alpha value is -2.00. The zero-order valence-corrected chi connectivity index (χ0v) is 9.36. The minimum absolute atomic E-state index is 0.695. The van der Waals surface area contributed by atoms with Crippen LogP contribution in [0.1, 0.15) is 0 Å². The molecule has 0 atom stereocenters. The second-order valence-electron chi connectivity index (χ2n) is 3.88. The van der Waals surface area contributed by atoms with E-state index in [0.29, 0.717) is 5.02 Å². The summed E-state index contributed by atoms with van der Waals surface area (Å²) in [7, 11) is 0. The number of aromatic nitrogens is 1. The van der Waals surface area contributed by atoms with E-state index >= 15 is 0 Å². The Bertz CT molecular complexity index is 860. The summed E-state index contributed by atoms with van der Waals surface area (Å²) in [6.45, 7) is 0. The minimum atomic E-state index is 0.695. The first-order valence-electron chi connectivity index (χ1n) is 5.17. The van der Waals surface area contributed by atoms with Crippen LogP contribution in [-0.4, -0.2) is 4.98 Å². The van der Waals surface area contributed by atoms with E-state index in [2.05, 4.69) is 4.98 Å². The van der Waals surface area contributed by atoms with E-state index in [1.165, 1.54) is 6.39 Å². The van der Waals surface area contributed by atoms with Gasteiger partial charge in [0.2, 0.25) is 0 Å². The van der Waals surface area contributed by atoms with Gasteiger partial charge < -0.3 is 8.83 Å². The van der Waals surface area contributed by atoms with Gasteiger partial charge in [0.25, 0.3) is 0 Å². The van der Waals surface area contributed by atoms with Gasteiger partial charge in [-0.15, -0.1) is 0 Å². The van der Waals surface area contributed by atoms with Gasteiger partial charge in [0, 0.05) is 15.8 Å². The number of oxazole rings is 1. The molecule has 0 aliphatic carbocycles. The Morgan fingerprint density at radius 1 is 1.00 bits per heavy atom. The van der Waals surface area contributed by atoms with Gasteiger partial charge in [-0.2, -0.15) is 0 Å². The monoisotopic (exact) mass is 243 g/mol. The average molecular weight is 244 g/mol. The van der Waals surface area contributed by atoms with Gasteiger partial charge in [0.05, 0.1) is 0 Å². The molecular formula is C13H6ClNO2. The van der Waals surface area contributed by atoms with Crippen LogP contribution in [0.25, 0.3) is 33.0 Å². The third kappa shape index (κ3) is 1.14. The summed E-state index contributed by atoms with van der Waals surface area (Å²) in [5, 5.41) is 2.70. The zero-order chi connectivity index (χ0) is 11.4. The molecule has 0 fully saturated rings. The molecule has 82 valence electrons. The van der Waals surface area contributed by atoms with Crippen LogP contribution in [-0.2, 0) is 0 Å². The Morgan fingerprint density at radius 3 is 2.82 bits per heavy atom. The van der Waals surface area contributed by atoms with Crippen LogP contribution < -0.4 is 0 Å². The molecule has 0 bridgehead atoms. The van der Waals surface area contributed by atoms with Crippen LogP contribution in [0.15, 0.2) is 45.6 Å². The molecule has 0 N–H and O–H groups in total. The minimum Gasteiger partial charge on any atom is -0.454 e. The highest BCUT2D eigenvalue weighted by Gasteiger charge is 2.12. The van der Waals surface area contributed by atoms with Crippen molar-refractivity contribution in [2.24, 2.45) is 0 Å². The van der Waals surface area contributed by atoms with Crippen molar-refractivity contribution in [2.45, 2.75) is 0 Å². The highest BCUT2D eigenvalue weighted by Crippen LogP contribution is 2.34. The van der Waals surface area contributed by atoms with Gasteiger partial charge in [-0.3, -0.25) is 0 Å². The number of furan rings is 1. The van der Waals surface area contributed by atoms with Crippen molar-refractivity contribution in [3.05, 3.63) is 41.7 Å². The molecule has 4 aromatic rings. The maximum absolute atomic E-state index is 6.00. The molecule has 0 radical (unpaired) electrons.